The number of hydrogen-bond acceptors (Lipinski definition) is 4. The predicted octanol–water partition coefficient (Wildman–Crippen LogP) is 4.16. The average molecular weight is 371 g/mol. The van der Waals surface area contributed by atoms with Gasteiger partial charge in [-0.1, -0.05) is 6.07 Å². The first-order valence-electron chi connectivity index (χ1n) is 9.11. The molecular weight excluding hydrogens is 349 g/mol. The fourth-order valence-corrected chi connectivity index (χ4v) is 3.28. The molecule has 1 N–H and O–H groups in total. The summed E-state index contributed by atoms with van der Waals surface area (Å²) in [5.41, 5.74) is 1.02. The number of ether oxygens (including phenoxy) is 3. The molecule has 0 bridgehead atoms. The summed E-state index contributed by atoms with van der Waals surface area (Å²) in [7, 11) is 0. The van der Waals surface area contributed by atoms with Crippen LogP contribution in [0.3, 0.4) is 0 Å². The van der Waals surface area contributed by atoms with Crippen LogP contribution in [0.1, 0.15) is 26.7 Å². The Kier molecular flexibility index (Phi) is 4.52. The molecule has 1 saturated heterocycles. The van der Waals surface area contributed by atoms with E-state index in [0.717, 1.165) is 25.0 Å². The summed E-state index contributed by atoms with van der Waals surface area (Å²) in [6, 6.07) is 9.82. The maximum Gasteiger partial charge on any atom is 0.268 e. The van der Waals surface area contributed by atoms with Gasteiger partial charge in [0.2, 0.25) is 0 Å². The number of hydrogen-bond donors (Lipinski definition) is 1. The third kappa shape index (κ3) is 3.62. The van der Waals surface area contributed by atoms with Gasteiger partial charge in [-0.05, 0) is 62.6 Å². The van der Waals surface area contributed by atoms with E-state index < -0.39 is 5.60 Å². The van der Waals surface area contributed by atoms with Crippen LogP contribution < -0.4 is 14.8 Å². The highest BCUT2D eigenvalue weighted by Gasteiger charge is 2.35. The standard InChI is InChI=1S/C21H22FNO4/c1-21(2)20(24)23-17-7-5-13(10-19(17)27-21)16-11-14(22)6-8-18(16)26-12-15-4-3-9-25-15/h5-8,10-11,15H,3-4,9,12H2,1-2H3,(H,23,24). The minimum atomic E-state index is -0.966. The molecule has 0 saturated carbocycles. The SMILES string of the molecule is CC1(C)Oc2cc(-c3cc(F)ccc3OCC3CCCO3)ccc2NC1=O. The minimum absolute atomic E-state index is 0.0748. The van der Waals surface area contributed by atoms with E-state index in [-0.39, 0.29) is 17.8 Å². The van der Waals surface area contributed by atoms with Gasteiger partial charge in [-0.25, -0.2) is 4.39 Å². The lowest BCUT2D eigenvalue weighted by molar-refractivity contribution is -0.129. The normalized spacial score (nSPS) is 20.6. The maximum atomic E-state index is 13.9. The summed E-state index contributed by atoms with van der Waals surface area (Å²) < 4.78 is 31.3. The Balaban J connectivity index is 1.64. The van der Waals surface area contributed by atoms with Crippen molar-refractivity contribution in [2.24, 2.45) is 0 Å². The number of fused-ring (bicyclic) bond motifs is 1. The fraction of sp³-hybridized carbons (Fsp3) is 0.381. The highest BCUT2D eigenvalue weighted by Crippen LogP contribution is 2.39. The molecule has 0 radical (unpaired) electrons. The molecule has 5 nitrogen and oxygen atoms in total. The van der Waals surface area contributed by atoms with Crippen molar-refractivity contribution in [3.8, 4) is 22.6 Å². The zero-order valence-electron chi connectivity index (χ0n) is 15.4. The molecule has 6 heteroatoms. The van der Waals surface area contributed by atoms with Crippen molar-refractivity contribution in [3.63, 3.8) is 0 Å². The van der Waals surface area contributed by atoms with E-state index in [1.807, 2.05) is 6.07 Å². The van der Waals surface area contributed by atoms with Gasteiger partial charge in [-0.15, -0.1) is 0 Å². The highest BCUT2D eigenvalue weighted by atomic mass is 19.1. The van der Waals surface area contributed by atoms with Crippen molar-refractivity contribution in [2.75, 3.05) is 18.5 Å². The molecule has 2 heterocycles. The first-order valence-corrected chi connectivity index (χ1v) is 9.11. The Hall–Kier alpha value is -2.60. The van der Waals surface area contributed by atoms with E-state index in [0.29, 0.717) is 29.4 Å². The largest absolute Gasteiger partial charge is 0.490 e. The Morgan fingerprint density at radius 3 is 2.89 bits per heavy atom. The van der Waals surface area contributed by atoms with Crippen LogP contribution in [-0.4, -0.2) is 30.8 Å². The number of amides is 1. The molecule has 2 aliphatic rings. The van der Waals surface area contributed by atoms with Gasteiger partial charge in [0, 0.05) is 12.2 Å². The number of carbonyl (C=O) groups excluding carboxylic acids is 1. The fourth-order valence-electron chi connectivity index (χ4n) is 3.28. The molecule has 1 unspecified atom stereocenters. The number of anilines is 1. The third-order valence-electron chi connectivity index (χ3n) is 4.84. The molecule has 1 amide bonds. The second-order valence-electron chi connectivity index (χ2n) is 7.36. The number of rotatable bonds is 4. The quantitative estimate of drug-likeness (QED) is 0.877. The second kappa shape index (κ2) is 6.85. The number of benzene rings is 2. The molecule has 4 rings (SSSR count). The van der Waals surface area contributed by atoms with Gasteiger partial charge >= 0.3 is 0 Å². The van der Waals surface area contributed by atoms with Crippen molar-refractivity contribution in [2.45, 2.75) is 38.4 Å². The number of nitrogens with one attached hydrogen (secondary N) is 1. The lowest BCUT2D eigenvalue weighted by Gasteiger charge is -2.31. The molecule has 2 aliphatic heterocycles. The van der Waals surface area contributed by atoms with Crippen molar-refractivity contribution >= 4 is 11.6 Å². The molecule has 1 atom stereocenters. The van der Waals surface area contributed by atoms with E-state index >= 15 is 0 Å². The van der Waals surface area contributed by atoms with Gasteiger partial charge in [0.1, 0.15) is 23.9 Å². The van der Waals surface area contributed by atoms with Gasteiger partial charge in [0.15, 0.2) is 5.60 Å². The monoisotopic (exact) mass is 371 g/mol. The van der Waals surface area contributed by atoms with E-state index in [1.165, 1.54) is 12.1 Å². The molecule has 0 aliphatic carbocycles. The van der Waals surface area contributed by atoms with Gasteiger partial charge < -0.3 is 19.5 Å². The number of carbonyl (C=O) groups is 1. The predicted molar refractivity (Wildman–Crippen MR) is 99.6 cm³/mol. The van der Waals surface area contributed by atoms with Crippen LogP contribution >= 0.6 is 0 Å². The Morgan fingerprint density at radius 1 is 1.26 bits per heavy atom. The summed E-state index contributed by atoms with van der Waals surface area (Å²) >= 11 is 0. The van der Waals surface area contributed by atoms with E-state index in [2.05, 4.69) is 5.32 Å². The summed E-state index contributed by atoms with van der Waals surface area (Å²) in [6.07, 6.45) is 2.08. The molecule has 27 heavy (non-hydrogen) atoms. The molecule has 1 fully saturated rings. The lowest BCUT2D eigenvalue weighted by atomic mass is 10.0. The zero-order valence-corrected chi connectivity index (χ0v) is 15.4. The molecule has 2 aromatic carbocycles. The Labute approximate surface area is 157 Å². The second-order valence-corrected chi connectivity index (χ2v) is 7.36. The lowest BCUT2D eigenvalue weighted by Crippen LogP contribution is -2.45. The molecule has 142 valence electrons. The Bertz CT molecular complexity index is 874. The van der Waals surface area contributed by atoms with Crippen LogP contribution in [0.4, 0.5) is 10.1 Å². The van der Waals surface area contributed by atoms with Crippen molar-refractivity contribution in [1.29, 1.82) is 0 Å². The third-order valence-corrected chi connectivity index (χ3v) is 4.84. The van der Waals surface area contributed by atoms with Gasteiger partial charge in [-0.2, -0.15) is 0 Å². The van der Waals surface area contributed by atoms with Crippen LogP contribution in [0.25, 0.3) is 11.1 Å². The van der Waals surface area contributed by atoms with Gasteiger partial charge in [0.25, 0.3) is 5.91 Å². The Morgan fingerprint density at radius 2 is 2.11 bits per heavy atom. The molecule has 2 aromatic rings. The molecule has 0 spiro atoms. The van der Waals surface area contributed by atoms with E-state index in [4.69, 9.17) is 14.2 Å². The van der Waals surface area contributed by atoms with Crippen LogP contribution in [0.5, 0.6) is 11.5 Å². The summed E-state index contributed by atoms with van der Waals surface area (Å²) in [5.74, 6) is 0.591. The highest BCUT2D eigenvalue weighted by molar-refractivity contribution is 6.00. The van der Waals surface area contributed by atoms with E-state index in [1.54, 1.807) is 32.0 Å². The van der Waals surface area contributed by atoms with Crippen molar-refractivity contribution in [3.05, 3.63) is 42.2 Å². The molecular formula is C21H22FNO4. The van der Waals surface area contributed by atoms with Crippen LogP contribution in [0.15, 0.2) is 36.4 Å². The maximum absolute atomic E-state index is 13.9. The van der Waals surface area contributed by atoms with Crippen LogP contribution in [-0.2, 0) is 9.53 Å². The van der Waals surface area contributed by atoms with E-state index in [9.17, 15) is 9.18 Å². The smallest absolute Gasteiger partial charge is 0.268 e. The molecule has 0 aromatic heterocycles. The summed E-state index contributed by atoms with van der Waals surface area (Å²) in [5, 5.41) is 2.83. The zero-order chi connectivity index (χ0) is 19.0. The number of halogens is 1. The topological polar surface area (TPSA) is 56.8 Å². The van der Waals surface area contributed by atoms with Crippen LogP contribution in [0.2, 0.25) is 0 Å². The summed E-state index contributed by atoms with van der Waals surface area (Å²) in [6.45, 7) is 4.60. The minimum Gasteiger partial charge on any atom is -0.490 e. The first-order chi connectivity index (χ1) is 12.9. The van der Waals surface area contributed by atoms with Gasteiger partial charge in [-0.3, -0.25) is 4.79 Å². The first kappa shape index (κ1) is 17.8. The van der Waals surface area contributed by atoms with Crippen LogP contribution in [0, 0.1) is 5.82 Å². The average Bonchev–Trinajstić information content (AvgIpc) is 3.14. The summed E-state index contributed by atoms with van der Waals surface area (Å²) in [4.78, 5) is 12.0. The van der Waals surface area contributed by atoms with Gasteiger partial charge in [0.05, 0.1) is 11.8 Å². The van der Waals surface area contributed by atoms with Crippen molar-refractivity contribution in [1.82, 2.24) is 0 Å². The van der Waals surface area contributed by atoms with Crippen molar-refractivity contribution < 1.29 is 23.4 Å².